The lowest BCUT2D eigenvalue weighted by Gasteiger charge is -2.36. The summed E-state index contributed by atoms with van der Waals surface area (Å²) in [5.74, 6) is 1.55. The zero-order valence-electron chi connectivity index (χ0n) is 18.4. The number of nitrogens with zero attached hydrogens (tertiary/aromatic N) is 5. The summed E-state index contributed by atoms with van der Waals surface area (Å²) in [4.78, 5) is 30.6. The van der Waals surface area contributed by atoms with Gasteiger partial charge < -0.3 is 15.1 Å². The van der Waals surface area contributed by atoms with Gasteiger partial charge in [-0.05, 0) is 36.4 Å². The molecule has 1 N–H and O–H groups in total. The van der Waals surface area contributed by atoms with E-state index < -0.39 is 0 Å². The molecule has 0 aliphatic carbocycles. The van der Waals surface area contributed by atoms with E-state index in [1.165, 1.54) is 5.69 Å². The number of carbonyl (C=O) groups is 1. The van der Waals surface area contributed by atoms with Gasteiger partial charge in [-0.15, -0.1) is 0 Å². The first-order chi connectivity index (χ1) is 16.3. The molecular weight excluding hydrogens is 412 g/mol. The van der Waals surface area contributed by atoms with Crippen molar-refractivity contribution in [3.63, 3.8) is 0 Å². The Balaban J connectivity index is 1.22. The maximum atomic E-state index is 12.8. The molecule has 4 aromatic rings. The molecule has 0 radical (unpaired) electrons. The Labute approximate surface area is 193 Å². The Kier molecular flexibility index (Phi) is 6.10. The van der Waals surface area contributed by atoms with Gasteiger partial charge in [0.15, 0.2) is 5.82 Å². The molecule has 7 heteroatoms. The van der Waals surface area contributed by atoms with Crippen LogP contribution < -0.4 is 10.2 Å². The van der Waals surface area contributed by atoms with Crippen molar-refractivity contribution in [3.05, 3.63) is 79.1 Å². The first kappa shape index (κ1) is 20.9. The Morgan fingerprint density at radius 1 is 0.848 bits per heavy atom. The lowest BCUT2D eigenvalue weighted by atomic mass is 10.2. The fourth-order valence-corrected chi connectivity index (χ4v) is 4.14. The standard InChI is InChI=1S/C26H26N6O/c33-24(32-18-16-31(17-19-32)21-6-2-1-3-7-21)12-15-28-26-22-8-4-5-9-23(22)29-25(30-26)20-10-13-27-14-11-20/h1-11,13-14H,12,15-19H2,(H,28,29,30). The van der Waals surface area contributed by atoms with Crippen LogP contribution in [0.25, 0.3) is 22.3 Å². The topological polar surface area (TPSA) is 74.2 Å². The van der Waals surface area contributed by atoms with Gasteiger partial charge in [0.2, 0.25) is 5.91 Å². The largest absolute Gasteiger partial charge is 0.369 e. The van der Waals surface area contributed by atoms with E-state index in [1.807, 2.05) is 47.4 Å². The number of amides is 1. The highest BCUT2D eigenvalue weighted by Gasteiger charge is 2.21. The number of para-hydroxylation sites is 2. The summed E-state index contributed by atoms with van der Waals surface area (Å²) in [5.41, 5.74) is 2.99. The molecule has 2 aromatic heterocycles. The van der Waals surface area contributed by atoms with Gasteiger partial charge in [0.1, 0.15) is 5.82 Å². The van der Waals surface area contributed by atoms with Gasteiger partial charge in [-0.2, -0.15) is 0 Å². The van der Waals surface area contributed by atoms with Crippen molar-refractivity contribution >= 4 is 28.3 Å². The van der Waals surface area contributed by atoms with Gasteiger partial charge in [-0.1, -0.05) is 30.3 Å². The maximum absolute atomic E-state index is 12.8. The van der Waals surface area contributed by atoms with Crippen LogP contribution in [0.2, 0.25) is 0 Å². The normalized spacial score (nSPS) is 13.8. The zero-order chi connectivity index (χ0) is 22.5. The third-order valence-electron chi connectivity index (χ3n) is 5.93. The molecular formula is C26H26N6O. The molecule has 0 unspecified atom stereocenters. The van der Waals surface area contributed by atoms with Gasteiger partial charge in [-0.3, -0.25) is 9.78 Å². The van der Waals surface area contributed by atoms with E-state index in [9.17, 15) is 4.79 Å². The molecule has 7 nitrogen and oxygen atoms in total. The van der Waals surface area contributed by atoms with Crippen molar-refractivity contribution < 1.29 is 4.79 Å². The predicted molar refractivity (Wildman–Crippen MR) is 131 cm³/mol. The van der Waals surface area contributed by atoms with Crippen molar-refractivity contribution in [1.29, 1.82) is 0 Å². The van der Waals surface area contributed by atoms with Crippen molar-refractivity contribution in [2.45, 2.75) is 6.42 Å². The van der Waals surface area contributed by atoms with E-state index in [2.05, 4.69) is 39.5 Å². The summed E-state index contributed by atoms with van der Waals surface area (Å²) in [6, 6.07) is 22.1. The summed E-state index contributed by atoms with van der Waals surface area (Å²) < 4.78 is 0. The average molecular weight is 439 g/mol. The number of nitrogens with one attached hydrogen (secondary N) is 1. The van der Waals surface area contributed by atoms with Crippen LogP contribution in [0.15, 0.2) is 79.1 Å². The number of fused-ring (bicyclic) bond motifs is 1. The molecule has 1 amide bonds. The summed E-state index contributed by atoms with van der Waals surface area (Å²) in [7, 11) is 0. The minimum absolute atomic E-state index is 0.169. The average Bonchev–Trinajstić information content (AvgIpc) is 2.89. The van der Waals surface area contributed by atoms with Crippen LogP contribution in [0, 0.1) is 0 Å². The van der Waals surface area contributed by atoms with Crippen LogP contribution in [0.5, 0.6) is 0 Å². The molecule has 0 atom stereocenters. The number of pyridine rings is 1. The second-order valence-corrected chi connectivity index (χ2v) is 8.03. The number of rotatable bonds is 6. The Hall–Kier alpha value is -4.00. The fraction of sp³-hybridized carbons (Fsp3) is 0.231. The smallest absolute Gasteiger partial charge is 0.224 e. The highest BCUT2D eigenvalue weighted by atomic mass is 16.2. The molecule has 166 valence electrons. The third kappa shape index (κ3) is 4.77. The second-order valence-electron chi connectivity index (χ2n) is 8.03. The minimum Gasteiger partial charge on any atom is -0.369 e. The van der Waals surface area contributed by atoms with E-state index in [-0.39, 0.29) is 5.91 Å². The van der Waals surface area contributed by atoms with E-state index >= 15 is 0 Å². The summed E-state index contributed by atoms with van der Waals surface area (Å²) in [6.07, 6.45) is 3.89. The quantitative estimate of drug-likeness (QED) is 0.493. The summed E-state index contributed by atoms with van der Waals surface area (Å²) in [6.45, 7) is 3.73. The van der Waals surface area contributed by atoms with E-state index in [0.717, 1.165) is 48.5 Å². The Morgan fingerprint density at radius 2 is 1.58 bits per heavy atom. The number of anilines is 2. The molecule has 0 bridgehead atoms. The zero-order valence-corrected chi connectivity index (χ0v) is 18.4. The van der Waals surface area contributed by atoms with Gasteiger partial charge in [0.05, 0.1) is 5.52 Å². The fourth-order valence-electron chi connectivity index (χ4n) is 4.14. The molecule has 33 heavy (non-hydrogen) atoms. The molecule has 1 aliphatic rings. The predicted octanol–water partition coefficient (Wildman–Crippen LogP) is 3.84. The van der Waals surface area contributed by atoms with E-state index in [0.29, 0.717) is 18.8 Å². The van der Waals surface area contributed by atoms with E-state index in [1.54, 1.807) is 12.4 Å². The van der Waals surface area contributed by atoms with Gasteiger partial charge in [0.25, 0.3) is 0 Å². The number of carbonyl (C=O) groups excluding carboxylic acids is 1. The first-order valence-electron chi connectivity index (χ1n) is 11.3. The Bertz CT molecular complexity index is 1220. The monoisotopic (exact) mass is 438 g/mol. The van der Waals surface area contributed by atoms with Crippen LogP contribution in [0.1, 0.15) is 6.42 Å². The van der Waals surface area contributed by atoms with E-state index in [4.69, 9.17) is 9.97 Å². The number of piperazine rings is 1. The molecule has 5 rings (SSSR count). The molecule has 1 saturated heterocycles. The number of benzene rings is 2. The molecule has 1 fully saturated rings. The lowest BCUT2D eigenvalue weighted by molar-refractivity contribution is -0.131. The minimum atomic E-state index is 0.169. The van der Waals surface area contributed by atoms with Crippen molar-refractivity contribution in [2.24, 2.45) is 0 Å². The van der Waals surface area contributed by atoms with Crippen LogP contribution in [0.3, 0.4) is 0 Å². The number of hydrogen-bond acceptors (Lipinski definition) is 6. The van der Waals surface area contributed by atoms with Crippen molar-refractivity contribution in [3.8, 4) is 11.4 Å². The Morgan fingerprint density at radius 3 is 2.36 bits per heavy atom. The first-order valence-corrected chi connectivity index (χ1v) is 11.3. The molecule has 3 heterocycles. The SMILES string of the molecule is O=C(CCNc1nc(-c2ccncc2)nc2ccccc12)N1CCN(c2ccccc2)CC1. The third-order valence-corrected chi connectivity index (χ3v) is 5.93. The van der Waals surface area contributed by atoms with Gasteiger partial charge in [0, 0.05) is 68.2 Å². The maximum Gasteiger partial charge on any atom is 0.224 e. The molecule has 1 aliphatic heterocycles. The molecule has 2 aromatic carbocycles. The van der Waals surface area contributed by atoms with Gasteiger partial charge in [-0.25, -0.2) is 9.97 Å². The summed E-state index contributed by atoms with van der Waals surface area (Å²) >= 11 is 0. The second kappa shape index (κ2) is 9.65. The van der Waals surface area contributed by atoms with Crippen LogP contribution in [-0.2, 0) is 4.79 Å². The molecule has 0 spiro atoms. The number of aromatic nitrogens is 3. The lowest BCUT2D eigenvalue weighted by Crippen LogP contribution is -2.49. The van der Waals surface area contributed by atoms with Crippen LogP contribution in [-0.4, -0.2) is 58.5 Å². The highest BCUT2D eigenvalue weighted by Crippen LogP contribution is 2.24. The van der Waals surface area contributed by atoms with Crippen LogP contribution in [0.4, 0.5) is 11.5 Å². The van der Waals surface area contributed by atoms with Crippen LogP contribution >= 0.6 is 0 Å². The number of hydrogen-bond donors (Lipinski definition) is 1. The van der Waals surface area contributed by atoms with Crippen molar-refractivity contribution in [2.75, 3.05) is 42.9 Å². The molecule has 0 saturated carbocycles. The van der Waals surface area contributed by atoms with Crippen molar-refractivity contribution in [1.82, 2.24) is 19.9 Å². The summed E-state index contributed by atoms with van der Waals surface area (Å²) in [5, 5.41) is 4.32. The van der Waals surface area contributed by atoms with Gasteiger partial charge >= 0.3 is 0 Å². The highest BCUT2D eigenvalue weighted by molar-refractivity contribution is 5.90.